The van der Waals surface area contributed by atoms with Crippen molar-refractivity contribution in [3.05, 3.63) is 48.0 Å². The summed E-state index contributed by atoms with van der Waals surface area (Å²) in [5.74, 6) is 2.12. The molecule has 1 aliphatic heterocycles. The minimum Gasteiger partial charge on any atom is -0.367 e. The van der Waals surface area contributed by atoms with E-state index < -0.39 is 0 Å². The second-order valence-corrected chi connectivity index (χ2v) is 8.51. The van der Waals surface area contributed by atoms with Crippen molar-refractivity contribution in [1.82, 2.24) is 15.3 Å². The number of carbonyl (C=O) groups is 1. The van der Waals surface area contributed by atoms with Crippen molar-refractivity contribution >= 4 is 17.5 Å². The number of hydrogen-bond acceptors (Lipinski definition) is 5. The van der Waals surface area contributed by atoms with E-state index in [1.165, 1.54) is 25.0 Å². The zero-order valence-corrected chi connectivity index (χ0v) is 17.5. The van der Waals surface area contributed by atoms with Gasteiger partial charge in [0.2, 0.25) is 5.91 Å². The number of hydrogen-bond donors (Lipinski definition) is 2. The Bertz CT molecular complexity index is 855. The van der Waals surface area contributed by atoms with Crippen molar-refractivity contribution in [2.75, 3.05) is 23.3 Å². The SMILES string of the molecule is C[C@@H](NC(=O)CC[C@H]1CCCN(c2cc(NC3CC3)ncn2)C1)c1ccc(F)cc1. The summed E-state index contributed by atoms with van der Waals surface area (Å²) in [6, 6.07) is 8.76. The van der Waals surface area contributed by atoms with E-state index in [2.05, 4.69) is 25.5 Å². The predicted molar refractivity (Wildman–Crippen MR) is 116 cm³/mol. The van der Waals surface area contributed by atoms with Crippen LogP contribution in [0.3, 0.4) is 0 Å². The number of nitrogens with one attached hydrogen (secondary N) is 2. The number of amides is 1. The Kier molecular flexibility index (Phi) is 6.45. The number of benzene rings is 1. The minimum atomic E-state index is -0.266. The van der Waals surface area contributed by atoms with Gasteiger partial charge in [-0.25, -0.2) is 14.4 Å². The molecular formula is C23H30FN5O. The van der Waals surface area contributed by atoms with Gasteiger partial charge >= 0.3 is 0 Å². The summed E-state index contributed by atoms with van der Waals surface area (Å²) in [6.45, 7) is 3.83. The van der Waals surface area contributed by atoms with Gasteiger partial charge in [-0.1, -0.05) is 12.1 Å². The van der Waals surface area contributed by atoms with Crippen molar-refractivity contribution in [2.24, 2.45) is 5.92 Å². The Balaban J connectivity index is 1.25. The predicted octanol–water partition coefficient (Wildman–Crippen LogP) is 4.06. The molecule has 1 aliphatic carbocycles. The monoisotopic (exact) mass is 411 g/mol. The molecule has 2 heterocycles. The van der Waals surface area contributed by atoms with E-state index in [-0.39, 0.29) is 17.8 Å². The van der Waals surface area contributed by atoms with Crippen LogP contribution in [0.25, 0.3) is 0 Å². The van der Waals surface area contributed by atoms with E-state index in [0.29, 0.717) is 18.4 Å². The van der Waals surface area contributed by atoms with E-state index in [4.69, 9.17) is 0 Å². The molecule has 1 aromatic carbocycles. The Morgan fingerprint density at radius 3 is 2.80 bits per heavy atom. The third-order valence-electron chi connectivity index (χ3n) is 5.95. The summed E-state index contributed by atoms with van der Waals surface area (Å²) in [5, 5.41) is 6.46. The quantitative estimate of drug-likeness (QED) is 0.685. The van der Waals surface area contributed by atoms with Crippen LogP contribution < -0.4 is 15.5 Å². The minimum absolute atomic E-state index is 0.0434. The van der Waals surface area contributed by atoms with E-state index in [0.717, 1.165) is 49.6 Å². The van der Waals surface area contributed by atoms with Crippen molar-refractivity contribution in [3.63, 3.8) is 0 Å². The maximum atomic E-state index is 13.1. The van der Waals surface area contributed by atoms with Crippen molar-refractivity contribution in [2.45, 2.75) is 57.5 Å². The molecule has 2 aliphatic rings. The molecule has 1 amide bonds. The lowest BCUT2D eigenvalue weighted by Gasteiger charge is -2.33. The first-order valence-corrected chi connectivity index (χ1v) is 10.9. The molecule has 0 bridgehead atoms. The highest BCUT2D eigenvalue weighted by atomic mass is 19.1. The Labute approximate surface area is 177 Å². The molecule has 2 N–H and O–H groups in total. The van der Waals surface area contributed by atoms with Crippen molar-refractivity contribution in [3.8, 4) is 0 Å². The maximum absolute atomic E-state index is 13.1. The van der Waals surface area contributed by atoms with Crippen LogP contribution in [0, 0.1) is 11.7 Å². The average molecular weight is 412 g/mol. The third-order valence-corrected chi connectivity index (χ3v) is 5.95. The molecule has 4 rings (SSSR count). The van der Waals surface area contributed by atoms with E-state index in [1.54, 1.807) is 18.5 Å². The highest BCUT2D eigenvalue weighted by Crippen LogP contribution is 2.28. The van der Waals surface area contributed by atoms with Crippen LogP contribution in [0.1, 0.15) is 57.1 Å². The Morgan fingerprint density at radius 2 is 2.03 bits per heavy atom. The molecule has 30 heavy (non-hydrogen) atoms. The lowest BCUT2D eigenvalue weighted by Crippen LogP contribution is -2.36. The molecule has 1 saturated heterocycles. The summed E-state index contributed by atoms with van der Waals surface area (Å²) in [7, 11) is 0. The van der Waals surface area contributed by atoms with Crippen LogP contribution in [0.2, 0.25) is 0 Å². The van der Waals surface area contributed by atoms with Crippen molar-refractivity contribution in [1.29, 1.82) is 0 Å². The molecule has 0 unspecified atom stereocenters. The van der Waals surface area contributed by atoms with Gasteiger partial charge < -0.3 is 15.5 Å². The van der Waals surface area contributed by atoms with Crippen molar-refractivity contribution < 1.29 is 9.18 Å². The molecule has 2 fully saturated rings. The molecule has 2 atom stereocenters. The number of rotatable bonds is 8. The molecule has 1 saturated carbocycles. The number of halogens is 1. The van der Waals surface area contributed by atoms with Crippen LogP contribution in [0.4, 0.5) is 16.0 Å². The highest BCUT2D eigenvalue weighted by molar-refractivity contribution is 5.76. The summed E-state index contributed by atoms with van der Waals surface area (Å²) >= 11 is 0. The van der Waals surface area contributed by atoms with Gasteiger partial charge in [0.1, 0.15) is 23.8 Å². The first-order valence-electron chi connectivity index (χ1n) is 10.9. The van der Waals surface area contributed by atoms with Gasteiger partial charge in [0, 0.05) is 31.6 Å². The van der Waals surface area contributed by atoms with Gasteiger partial charge in [0.25, 0.3) is 0 Å². The van der Waals surface area contributed by atoms with E-state index in [9.17, 15) is 9.18 Å². The number of carbonyl (C=O) groups excluding carboxylic acids is 1. The molecule has 0 spiro atoms. The fourth-order valence-electron chi connectivity index (χ4n) is 4.03. The fraction of sp³-hybridized carbons (Fsp3) is 0.522. The largest absolute Gasteiger partial charge is 0.367 e. The third kappa shape index (κ3) is 5.68. The standard InChI is InChI=1S/C23H30FN5O/c1-16(18-5-7-19(24)8-6-18)27-23(30)11-4-17-3-2-12-29(14-17)22-13-21(25-15-26-22)28-20-9-10-20/h5-8,13,15-17,20H,2-4,9-12,14H2,1H3,(H,27,30)(H,25,26,28)/t16-,17-/m1/s1. The average Bonchev–Trinajstić information content (AvgIpc) is 3.57. The van der Waals surface area contributed by atoms with Gasteiger partial charge in [0.15, 0.2) is 0 Å². The number of piperidine rings is 1. The molecule has 2 aromatic rings. The number of anilines is 2. The molecular weight excluding hydrogens is 381 g/mol. The fourth-order valence-corrected chi connectivity index (χ4v) is 4.03. The molecule has 6 nitrogen and oxygen atoms in total. The first kappa shape index (κ1) is 20.6. The highest BCUT2D eigenvalue weighted by Gasteiger charge is 2.24. The Hall–Kier alpha value is -2.70. The zero-order valence-electron chi connectivity index (χ0n) is 17.5. The lowest BCUT2D eigenvalue weighted by atomic mass is 9.93. The molecule has 7 heteroatoms. The lowest BCUT2D eigenvalue weighted by molar-refractivity contribution is -0.122. The zero-order chi connectivity index (χ0) is 20.9. The number of nitrogens with zero attached hydrogens (tertiary/aromatic N) is 3. The molecule has 0 radical (unpaired) electrons. The van der Waals surface area contributed by atoms with Crippen LogP contribution in [0.15, 0.2) is 36.7 Å². The van der Waals surface area contributed by atoms with Gasteiger partial charge in [-0.05, 0) is 62.6 Å². The normalized spacial score (nSPS) is 19.9. The van der Waals surface area contributed by atoms with Crippen LogP contribution in [-0.2, 0) is 4.79 Å². The van der Waals surface area contributed by atoms with Gasteiger partial charge in [-0.2, -0.15) is 0 Å². The molecule has 1 aromatic heterocycles. The van der Waals surface area contributed by atoms with E-state index in [1.807, 2.05) is 13.0 Å². The smallest absolute Gasteiger partial charge is 0.220 e. The molecule has 160 valence electrons. The number of aromatic nitrogens is 2. The van der Waals surface area contributed by atoms with Crippen LogP contribution >= 0.6 is 0 Å². The second kappa shape index (κ2) is 9.41. The van der Waals surface area contributed by atoms with Gasteiger partial charge in [0.05, 0.1) is 6.04 Å². The van der Waals surface area contributed by atoms with E-state index >= 15 is 0 Å². The summed E-state index contributed by atoms with van der Waals surface area (Å²) in [4.78, 5) is 23.5. The van der Waals surface area contributed by atoms with Crippen LogP contribution in [0.5, 0.6) is 0 Å². The summed E-state index contributed by atoms with van der Waals surface area (Å²) < 4.78 is 13.1. The Morgan fingerprint density at radius 1 is 1.23 bits per heavy atom. The maximum Gasteiger partial charge on any atom is 0.220 e. The second-order valence-electron chi connectivity index (χ2n) is 8.51. The van der Waals surface area contributed by atoms with Gasteiger partial charge in [-0.3, -0.25) is 4.79 Å². The van der Waals surface area contributed by atoms with Gasteiger partial charge in [-0.15, -0.1) is 0 Å². The summed E-state index contributed by atoms with van der Waals surface area (Å²) in [6.07, 6.45) is 7.66. The van der Waals surface area contributed by atoms with Crippen LogP contribution in [-0.4, -0.2) is 35.0 Å². The first-order chi connectivity index (χ1) is 14.6. The summed E-state index contributed by atoms with van der Waals surface area (Å²) in [5.41, 5.74) is 0.910. The topological polar surface area (TPSA) is 70.2 Å².